The van der Waals surface area contributed by atoms with Crippen molar-refractivity contribution in [3.63, 3.8) is 0 Å². The van der Waals surface area contributed by atoms with Crippen LogP contribution in [0, 0.1) is 0 Å². The summed E-state index contributed by atoms with van der Waals surface area (Å²) in [7, 11) is 0. The number of rotatable bonds is 6. The summed E-state index contributed by atoms with van der Waals surface area (Å²) in [6, 6.07) is 30.3. The first-order valence-corrected chi connectivity index (χ1v) is 18.6. The van der Waals surface area contributed by atoms with Gasteiger partial charge in [0.15, 0.2) is 0 Å². The van der Waals surface area contributed by atoms with Crippen LogP contribution in [0.25, 0.3) is 11.1 Å². The maximum atomic E-state index is 14.3. The van der Waals surface area contributed by atoms with Crippen LogP contribution >= 0.6 is 11.3 Å². The number of aliphatic carboxylic acids is 1. The van der Waals surface area contributed by atoms with Crippen LogP contribution in [0.5, 0.6) is 0 Å². The molecule has 5 amide bonds. The highest BCUT2D eigenvalue weighted by molar-refractivity contribution is 7.10. The highest BCUT2D eigenvalue weighted by Crippen LogP contribution is 2.23. The van der Waals surface area contributed by atoms with Crippen LogP contribution in [-0.2, 0) is 41.6 Å². The Hall–Kier alpha value is -6.60. The first-order valence-electron chi connectivity index (χ1n) is 17.7. The third kappa shape index (κ3) is 10.3. The fraction of sp³-hybridized carbons (Fsp3) is 0.190. The molecule has 0 fully saturated rings. The summed E-state index contributed by atoms with van der Waals surface area (Å²) in [5, 5.41) is 25.5. The molecule has 0 saturated heterocycles. The van der Waals surface area contributed by atoms with Gasteiger partial charge in [-0.1, -0.05) is 103 Å². The lowest BCUT2D eigenvalue weighted by molar-refractivity contribution is -0.142. The van der Waals surface area contributed by atoms with Crippen molar-refractivity contribution in [3.8, 4) is 11.1 Å². The molecule has 13 heteroatoms. The average Bonchev–Trinajstić information content (AvgIpc) is 3.74. The number of benzene rings is 4. The van der Waals surface area contributed by atoms with Crippen molar-refractivity contribution in [1.82, 2.24) is 21.3 Å². The van der Waals surface area contributed by atoms with Crippen LogP contribution in [0.3, 0.4) is 0 Å². The van der Waals surface area contributed by atoms with E-state index >= 15 is 0 Å². The summed E-state index contributed by atoms with van der Waals surface area (Å²) in [5.74, 6) is -4.46. The average molecular weight is 758 g/mol. The summed E-state index contributed by atoms with van der Waals surface area (Å²) in [4.78, 5) is 81.2. The minimum atomic E-state index is -1.37. The number of carbonyl (C=O) groups excluding carboxylic acids is 5. The molecular formula is C42H39N5O7S. The van der Waals surface area contributed by atoms with Crippen molar-refractivity contribution < 1.29 is 33.9 Å². The number of hydrogen-bond donors (Lipinski definition) is 6. The van der Waals surface area contributed by atoms with E-state index in [2.05, 4.69) is 26.6 Å². The normalized spacial score (nSPS) is 20.2. The second-order valence-corrected chi connectivity index (χ2v) is 14.0. The topological polar surface area (TPSA) is 183 Å². The summed E-state index contributed by atoms with van der Waals surface area (Å²) in [6.45, 7) is 0. The first kappa shape index (κ1) is 38.1. The van der Waals surface area contributed by atoms with E-state index in [0.29, 0.717) is 27.3 Å². The Bertz CT molecular complexity index is 2130. The molecule has 12 nitrogen and oxygen atoms in total. The SMILES string of the molecule is O=C1CCC(=O)NC(c2cccs2)C(=O)N[C@@H](Cc2ccc(-c3ccccc3)cc2)C(=O)N[C@H](c2ccccc2)C(=O)N[C@H](C(=O)O)Cc2ccc(cc2)N1. The lowest BCUT2D eigenvalue weighted by Gasteiger charge is -2.26. The Kier molecular flexibility index (Phi) is 12.4. The van der Waals surface area contributed by atoms with Crippen LogP contribution in [0.2, 0.25) is 0 Å². The zero-order valence-corrected chi connectivity index (χ0v) is 30.4. The fourth-order valence-corrected chi connectivity index (χ4v) is 6.95. The quantitative estimate of drug-likeness (QED) is 0.136. The number of amides is 5. The third-order valence-electron chi connectivity index (χ3n) is 9.08. The number of fused-ring (bicyclic) bond motifs is 18. The van der Waals surface area contributed by atoms with Gasteiger partial charge in [0.25, 0.3) is 0 Å². The van der Waals surface area contributed by atoms with E-state index < -0.39 is 59.7 Å². The number of thiophene rings is 1. The molecule has 280 valence electrons. The van der Waals surface area contributed by atoms with Crippen molar-refractivity contribution in [3.05, 3.63) is 148 Å². The molecule has 0 aliphatic carbocycles. The number of carboxylic acid groups (broad SMARTS) is 1. The van der Waals surface area contributed by atoms with Crippen molar-refractivity contribution in [2.75, 3.05) is 5.32 Å². The van der Waals surface area contributed by atoms with Crippen LogP contribution in [-0.4, -0.2) is 52.7 Å². The summed E-state index contributed by atoms with van der Waals surface area (Å²) in [5.41, 5.74) is 4.03. The standard InChI is InChI=1S/C42H39N5O7S/c48-35-21-22-36(49)46-38(34-12-7-23-55-34)41(52)44-32(24-26-13-17-29(18-14-26)28-8-3-1-4-9-28)39(50)47-37(30-10-5-2-6-11-30)40(51)45-33(42(53)54)25-27-15-19-31(43-35)20-16-27/h1-20,23,32-33,37-38H,21-22,24-25H2,(H,43,48)(H,44,52)(H,45,51)(H,46,49)(H,47,50)(H,53,54)/t32-,33-,37+,38?/m0/s1. The van der Waals surface area contributed by atoms with Crippen LogP contribution in [0.4, 0.5) is 5.69 Å². The highest BCUT2D eigenvalue weighted by atomic mass is 32.1. The molecule has 2 aliphatic rings. The monoisotopic (exact) mass is 757 g/mol. The van der Waals surface area contributed by atoms with Gasteiger partial charge < -0.3 is 31.7 Å². The van der Waals surface area contributed by atoms with Gasteiger partial charge in [-0.3, -0.25) is 24.0 Å². The lowest BCUT2D eigenvalue weighted by atomic mass is 9.99. The van der Waals surface area contributed by atoms with Crippen LogP contribution < -0.4 is 26.6 Å². The first-order chi connectivity index (χ1) is 26.6. The Morgan fingerprint density at radius 2 is 1.25 bits per heavy atom. The number of anilines is 1. The van der Waals surface area contributed by atoms with Crippen molar-refractivity contribution in [1.29, 1.82) is 0 Å². The molecule has 1 unspecified atom stereocenters. The second kappa shape index (κ2) is 18.0. The molecule has 3 heterocycles. The molecule has 4 aromatic carbocycles. The van der Waals surface area contributed by atoms with E-state index in [1.54, 1.807) is 72.1 Å². The Labute approximate surface area is 321 Å². The summed E-state index contributed by atoms with van der Waals surface area (Å²) in [6.07, 6.45) is -0.477. The minimum absolute atomic E-state index is 0.00856. The van der Waals surface area contributed by atoms with Crippen molar-refractivity contribution >= 4 is 52.5 Å². The molecule has 7 rings (SSSR count). The van der Waals surface area contributed by atoms with Gasteiger partial charge in [-0.15, -0.1) is 11.3 Å². The molecule has 55 heavy (non-hydrogen) atoms. The van der Waals surface area contributed by atoms with Gasteiger partial charge in [0.1, 0.15) is 24.2 Å². The Morgan fingerprint density at radius 1 is 0.618 bits per heavy atom. The molecule has 4 atom stereocenters. The van der Waals surface area contributed by atoms with Crippen molar-refractivity contribution in [2.24, 2.45) is 0 Å². The maximum Gasteiger partial charge on any atom is 0.326 e. The van der Waals surface area contributed by atoms with Gasteiger partial charge in [-0.2, -0.15) is 0 Å². The maximum absolute atomic E-state index is 14.3. The van der Waals surface area contributed by atoms with Gasteiger partial charge >= 0.3 is 5.97 Å². The molecule has 2 bridgehead atoms. The fourth-order valence-electron chi connectivity index (χ4n) is 6.17. The molecule has 6 N–H and O–H groups in total. The number of carbonyl (C=O) groups is 6. The zero-order chi connectivity index (χ0) is 38.7. The van der Waals surface area contributed by atoms with Crippen LogP contribution in [0.15, 0.2) is 127 Å². The number of nitrogens with one attached hydrogen (secondary N) is 5. The molecular weight excluding hydrogens is 719 g/mol. The molecule has 5 aromatic rings. The molecule has 0 saturated carbocycles. The third-order valence-corrected chi connectivity index (χ3v) is 10.0. The van der Waals surface area contributed by atoms with Crippen molar-refractivity contribution in [2.45, 2.75) is 49.9 Å². The molecule has 2 aliphatic heterocycles. The predicted molar refractivity (Wildman–Crippen MR) is 208 cm³/mol. The lowest BCUT2D eigenvalue weighted by Crippen LogP contribution is -2.54. The van der Waals surface area contributed by atoms with E-state index in [4.69, 9.17) is 0 Å². The Morgan fingerprint density at radius 3 is 1.91 bits per heavy atom. The number of hydrogen-bond acceptors (Lipinski definition) is 7. The van der Waals surface area contributed by atoms with E-state index in [1.165, 1.54) is 11.3 Å². The molecule has 0 radical (unpaired) electrons. The number of carboxylic acids is 1. The molecule has 1 aromatic heterocycles. The molecule has 0 spiro atoms. The van der Waals surface area contributed by atoms with Gasteiger partial charge in [0.05, 0.1) is 0 Å². The van der Waals surface area contributed by atoms with E-state index in [0.717, 1.165) is 11.1 Å². The second-order valence-electron chi connectivity index (χ2n) is 13.0. The zero-order valence-electron chi connectivity index (χ0n) is 29.6. The Balaban J connectivity index is 1.35. The van der Waals surface area contributed by atoms with Crippen LogP contribution in [0.1, 0.15) is 46.5 Å². The van der Waals surface area contributed by atoms with Gasteiger partial charge in [-0.25, -0.2) is 4.79 Å². The summed E-state index contributed by atoms with van der Waals surface area (Å²) >= 11 is 1.23. The van der Waals surface area contributed by atoms with E-state index in [9.17, 15) is 33.9 Å². The van der Waals surface area contributed by atoms with Gasteiger partial charge in [0, 0.05) is 36.2 Å². The highest BCUT2D eigenvalue weighted by Gasteiger charge is 2.33. The van der Waals surface area contributed by atoms with Gasteiger partial charge in [0.2, 0.25) is 29.5 Å². The van der Waals surface area contributed by atoms with Gasteiger partial charge in [-0.05, 0) is 51.4 Å². The summed E-state index contributed by atoms with van der Waals surface area (Å²) < 4.78 is 0. The predicted octanol–water partition coefficient (Wildman–Crippen LogP) is 4.70. The minimum Gasteiger partial charge on any atom is -0.480 e. The smallest absolute Gasteiger partial charge is 0.326 e. The van der Waals surface area contributed by atoms with E-state index in [-0.39, 0.29) is 25.7 Å². The largest absolute Gasteiger partial charge is 0.480 e. The van der Waals surface area contributed by atoms with E-state index in [1.807, 2.05) is 54.6 Å².